The van der Waals surface area contributed by atoms with Crippen LogP contribution >= 0.6 is 0 Å². The summed E-state index contributed by atoms with van der Waals surface area (Å²) in [5.41, 5.74) is 7.33. The predicted molar refractivity (Wildman–Crippen MR) is 84.1 cm³/mol. The van der Waals surface area contributed by atoms with E-state index in [2.05, 4.69) is 18.8 Å². The molecule has 118 valence electrons. The molecule has 2 amide bonds. The number of rotatable bonds is 8. The highest BCUT2D eigenvalue weighted by atomic mass is 16.2. The molecule has 0 saturated carbocycles. The van der Waals surface area contributed by atoms with Gasteiger partial charge in [-0.3, -0.25) is 9.59 Å². The molecule has 0 bridgehead atoms. The number of hydrogen-bond acceptors (Lipinski definition) is 2. The molecular formula is C16H27N3O2. The van der Waals surface area contributed by atoms with Crippen molar-refractivity contribution < 1.29 is 9.59 Å². The number of nitrogens with zero attached hydrogens (tertiary/aromatic N) is 1. The molecule has 0 spiro atoms. The molecule has 3 N–H and O–H groups in total. The summed E-state index contributed by atoms with van der Waals surface area (Å²) in [7, 11) is 0. The van der Waals surface area contributed by atoms with Crippen LogP contribution in [0.1, 0.15) is 55.2 Å². The average molecular weight is 293 g/mol. The van der Waals surface area contributed by atoms with Gasteiger partial charge in [-0.15, -0.1) is 0 Å². The van der Waals surface area contributed by atoms with Crippen molar-refractivity contribution in [3.63, 3.8) is 0 Å². The Labute approximate surface area is 126 Å². The minimum Gasteiger partial charge on any atom is -0.369 e. The fourth-order valence-corrected chi connectivity index (χ4v) is 2.56. The molecule has 0 unspecified atom stereocenters. The first-order chi connectivity index (χ1) is 9.94. The lowest BCUT2D eigenvalue weighted by molar-refractivity contribution is -0.117. The van der Waals surface area contributed by atoms with Crippen molar-refractivity contribution in [2.75, 3.05) is 13.1 Å². The summed E-state index contributed by atoms with van der Waals surface area (Å²) < 4.78 is 0. The van der Waals surface area contributed by atoms with Gasteiger partial charge in [0.2, 0.25) is 5.91 Å². The zero-order valence-corrected chi connectivity index (χ0v) is 13.5. The maximum Gasteiger partial charge on any atom is 0.255 e. The normalized spacial score (nSPS) is 10.9. The number of aromatic nitrogens is 1. The van der Waals surface area contributed by atoms with Crippen LogP contribution in [0.3, 0.4) is 0 Å². The van der Waals surface area contributed by atoms with E-state index in [4.69, 9.17) is 5.73 Å². The van der Waals surface area contributed by atoms with Crippen molar-refractivity contribution in [3.8, 4) is 0 Å². The minimum absolute atomic E-state index is 0.0144. The number of nitrogens with one attached hydrogen (secondary N) is 1. The third-order valence-electron chi connectivity index (χ3n) is 4.03. The highest BCUT2D eigenvalue weighted by Crippen LogP contribution is 2.19. The molecule has 1 rings (SSSR count). The molecule has 0 saturated heterocycles. The second kappa shape index (κ2) is 7.86. The summed E-state index contributed by atoms with van der Waals surface area (Å²) in [5, 5.41) is 0. The Hall–Kier alpha value is -1.78. The molecule has 21 heavy (non-hydrogen) atoms. The van der Waals surface area contributed by atoms with E-state index in [0.29, 0.717) is 23.7 Å². The Morgan fingerprint density at radius 2 is 1.90 bits per heavy atom. The number of amides is 2. The molecule has 1 aromatic rings. The van der Waals surface area contributed by atoms with E-state index < -0.39 is 5.91 Å². The van der Waals surface area contributed by atoms with Gasteiger partial charge in [0.1, 0.15) is 0 Å². The molecule has 0 fully saturated rings. The van der Waals surface area contributed by atoms with E-state index in [1.165, 1.54) is 0 Å². The predicted octanol–water partition coefficient (Wildman–Crippen LogP) is 2.25. The highest BCUT2D eigenvalue weighted by molar-refractivity contribution is 5.98. The largest absolute Gasteiger partial charge is 0.369 e. The zero-order valence-electron chi connectivity index (χ0n) is 13.5. The van der Waals surface area contributed by atoms with Gasteiger partial charge in [-0.25, -0.2) is 0 Å². The second-order valence-corrected chi connectivity index (χ2v) is 5.49. The van der Waals surface area contributed by atoms with Gasteiger partial charge in [0.25, 0.3) is 5.91 Å². The fraction of sp³-hybridized carbons (Fsp3) is 0.625. The first-order valence-electron chi connectivity index (χ1n) is 7.68. The lowest BCUT2D eigenvalue weighted by Crippen LogP contribution is -2.36. The topological polar surface area (TPSA) is 79.2 Å². The quantitative estimate of drug-likeness (QED) is 0.771. The molecule has 0 aliphatic heterocycles. The van der Waals surface area contributed by atoms with Gasteiger partial charge < -0.3 is 15.6 Å². The SMILES string of the molecule is CCC(CC)CN(CC)C(=O)c1c(C)c[nH]c1CC(N)=O. The Morgan fingerprint density at radius 1 is 1.29 bits per heavy atom. The molecule has 5 nitrogen and oxygen atoms in total. The number of primary amides is 1. The summed E-state index contributed by atoms with van der Waals surface area (Å²) >= 11 is 0. The molecule has 0 atom stereocenters. The van der Waals surface area contributed by atoms with Crippen molar-refractivity contribution in [2.24, 2.45) is 11.7 Å². The van der Waals surface area contributed by atoms with E-state index in [0.717, 1.165) is 24.9 Å². The molecule has 0 aromatic carbocycles. The number of H-pyrrole nitrogens is 1. The second-order valence-electron chi connectivity index (χ2n) is 5.49. The van der Waals surface area contributed by atoms with Crippen LogP contribution in [0, 0.1) is 12.8 Å². The summed E-state index contributed by atoms with van der Waals surface area (Å²) in [6, 6.07) is 0. The van der Waals surface area contributed by atoms with Crippen LogP contribution < -0.4 is 5.73 Å². The van der Waals surface area contributed by atoms with Gasteiger partial charge in [-0.2, -0.15) is 0 Å². The number of carbonyl (C=O) groups is 2. The van der Waals surface area contributed by atoms with Crippen molar-refractivity contribution in [3.05, 3.63) is 23.0 Å². The third-order valence-corrected chi connectivity index (χ3v) is 4.03. The minimum atomic E-state index is -0.436. The monoisotopic (exact) mass is 293 g/mol. The van der Waals surface area contributed by atoms with Crippen LogP contribution in [0.15, 0.2) is 6.20 Å². The first-order valence-corrected chi connectivity index (χ1v) is 7.68. The third kappa shape index (κ3) is 4.34. The zero-order chi connectivity index (χ0) is 16.0. The molecular weight excluding hydrogens is 266 g/mol. The summed E-state index contributed by atoms with van der Waals surface area (Å²) in [6.07, 6.45) is 3.94. The van der Waals surface area contributed by atoms with Crippen molar-refractivity contribution in [1.82, 2.24) is 9.88 Å². The molecule has 0 aliphatic rings. The maximum atomic E-state index is 12.8. The lowest BCUT2D eigenvalue weighted by Gasteiger charge is -2.26. The van der Waals surface area contributed by atoms with Gasteiger partial charge in [-0.1, -0.05) is 26.7 Å². The van der Waals surface area contributed by atoms with Crippen LogP contribution in [-0.4, -0.2) is 34.8 Å². The number of carbonyl (C=O) groups excluding carboxylic acids is 2. The molecule has 1 heterocycles. The number of aryl methyl sites for hydroxylation is 1. The number of aromatic amines is 1. The molecule has 1 aromatic heterocycles. The lowest BCUT2D eigenvalue weighted by atomic mass is 10.0. The maximum absolute atomic E-state index is 12.8. The van der Waals surface area contributed by atoms with Crippen LogP contribution in [0.5, 0.6) is 0 Å². The van der Waals surface area contributed by atoms with Crippen LogP contribution in [-0.2, 0) is 11.2 Å². The Morgan fingerprint density at radius 3 is 2.38 bits per heavy atom. The summed E-state index contributed by atoms with van der Waals surface area (Å²) in [6.45, 7) is 9.56. The van der Waals surface area contributed by atoms with Crippen molar-refractivity contribution in [1.29, 1.82) is 0 Å². The number of hydrogen-bond donors (Lipinski definition) is 2. The van der Waals surface area contributed by atoms with Crippen LogP contribution in [0.4, 0.5) is 0 Å². The summed E-state index contributed by atoms with van der Waals surface area (Å²) in [4.78, 5) is 28.8. The smallest absolute Gasteiger partial charge is 0.255 e. The van der Waals surface area contributed by atoms with E-state index in [1.54, 1.807) is 6.20 Å². The molecule has 5 heteroatoms. The Bertz CT molecular complexity index is 490. The van der Waals surface area contributed by atoms with Gasteiger partial charge in [0.15, 0.2) is 0 Å². The van der Waals surface area contributed by atoms with Gasteiger partial charge in [0, 0.05) is 25.0 Å². The van der Waals surface area contributed by atoms with Gasteiger partial charge in [-0.05, 0) is 25.3 Å². The molecule has 0 aliphatic carbocycles. The Kier molecular flexibility index (Phi) is 6.46. The standard InChI is InChI=1S/C16H27N3O2/c1-5-12(6-2)10-19(7-3)16(21)15-11(4)9-18-13(15)8-14(17)20/h9,12,18H,5-8,10H2,1-4H3,(H2,17,20). The average Bonchev–Trinajstić information content (AvgIpc) is 2.80. The van der Waals surface area contributed by atoms with Crippen LogP contribution in [0.2, 0.25) is 0 Å². The summed E-state index contributed by atoms with van der Waals surface area (Å²) in [5.74, 6) is 0.0566. The Balaban J connectivity index is 2.99. The fourth-order valence-electron chi connectivity index (χ4n) is 2.56. The van der Waals surface area contributed by atoms with E-state index >= 15 is 0 Å². The molecule has 0 radical (unpaired) electrons. The van der Waals surface area contributed by atoms with E-state index in [9.17, 15) is 9.59 Å². The van der Waals surface area contributed by atoms with Crippen LogP contribution in [0.25, 0.3) is 0 Å². The van der Waals surface area contributed by atoms with Crippen molar-refractivity contribution >= 4 is 11.8 Å². The first kappa shape index (κ1) is 17.3. The van der Waals surface area contributed by atoms with E-state index in [-0.39, 0.29) is 12.3 Å². The number of nitrogens with two attached hydrogens (primary N) is 1. The van der Waals surface area contributed by atoms with E-state index in [1.807, 2.05) is 18.7 Å². The van der Waals surface area contributed by atoms with Crippen molar-refractivity contribution in [2.45, 2.75) is 47.0 Å². The highest BCUT2D eigenvalue weighted by Gasteiger charge is 2.23. The van der Waals surface area contributed by atoms with Gasteiger partial charge >= 0.3 is 0 Å². The van der Waals surface area contributed by atoms with Gasteiger partial charge in [0.05, 0.1) is 12.0 Å².